The van der Waals surface area contributed by atoms with Crippen molar-refractivity contribution in [3.8, 4) is 22.5 Å². The van der Waals surface area contributed by atoms with Gasteiger partial charge in [-0.3, -0.25) is 24.4 Å². The third-order valence-corrected chi connectivity index (χ3v) is 6.37. The van der Waals surface area contributed by atoms with E-state index in [2.05, 4.69) is 34.9 Å². The van der Waals surface area contributed by atoms with Crippen LogP contribution < -0.4 is 0 Å². The van der Waals surface area contributed by atoms with Gasteiger partial charge in [-0.25, -0.2) is 0 Å². The lowest BCUT2D eigenvalue weighted by Crippen LogP contribution is -2.50. The summed E-state index contributed by atoms with van der Waals surface area (Å²) in [6.45, 7) is 3.92. The first kappa shape index (κ1) is 21.6. The number of aromatic nitrogens is 1. The van der Waals surface area contributed by atoms with Gasteiger partial charge in [0.2, 0.25) is 0 Å². The number of amides is 1. The quantitative estimate of drug-likeness (QED) is 0.601. The van der Waals surface area contributed by atoms with Gasteiger partial charge in [0.1, 0.15) is 5.76 Å². The van der Waals surface area contributed by atoms with Gasteiger partial charge >= 0.3 is 0 Å². The number of nitrogens with zero attached hydrogens (tertiary/aromatic N) is 4. The lowest BCUT2D eigenvalue weighted by molar-refractivity contribution is 0.0544. The number of carbonyl (C=O) groups is 2. The molecule has 3 aromatic rings. The number of furan rings is 1. The van der Waals surface area contributed by atoms with E-state index in [9.17, 15) is 9.59 Å². The number of hydrogen-bond donors (Lipinski definition) is 0. The van der Waals surface area contributed by atoms with Gasteiger partial charge in [0.25, 0.3) is 5.91 Å². The molecule has 1 amide bonds. The van der Waals surface area contributed by atoms with Crippen LogP contribution in [0.25, 0.3) is 22.5 Å². The van der Waals surface area contributed by atoms with E-state index in [0.717, 1.165) is 54.0 Å². The van der Waals surface area contributed by atoms with Gasteiger partial charge < -0.3 is 9.32 Å². The van der Waals surface area contributed by atoms with Crippen LogP contribution in [0, 0.1) is 0 Å². The van der Waals surface area contributed by atoms with Crippen molar-refractivity contribution in [2.24, 2.45) is 0 Å². The molecule has 170 valence electrons. The molecule has 0 atom stereocenters. The molecule has 33 heavy (non-hydrogen) atoms. The van der Waals surface area contributed by atoms with Crippen LogP contribution in [-0.4, -0.2) is 78.3 Å². The Morgan fingerprint density at radius 2 is 1.73 bits per heavy atom. The minimum Gasteiger partial charge on any atom is -0.450 e. The molecule has 0 saturated carbocycles. The Morgan fingerprint density at radius 1 is 0.970 bits per heavy atom. The molecule has 1 fully saturated rings. The summed E-state index contributed by atoms with van der Waals surface area (Å²) >= 11 is 0. The lowest BCUT2D eigenvalue weighted by atomic mass is 9.98. The van der Waals surface area contributed by atoms with Crippen molar-refractivity contribution in [2.75, 3.05) is 46.9 Å². The molecule has 1 aromatic carbocycles. The number of Topliss-reactive ketones (excluding diaryl/α,β-unsaturated/α-hetero) is 1. The van der Waals surface area contributed by atoms with Crippen LogP contribution in [0.15, 0.2) is 53.2 Å². The lowest BCUT2D eigenvalue weighted by Gasteiger charge is -2.35. The van der Waals surface area contributed by atoms with Crippen LogP contribution in [0.5, 0.6) is 0 Å². The fraction of sp³-hybridized carbons (Fsp3) is 0.346. The van der Waals surface area contributed by atoms with Crippen LogP contribution in [0.4, 0.5) is 0 Å². The molecule has 2 aromatic heterocycles. The maximum atomic E-state index is 13.3. The van der Waals surface area contributed by atoms with Gasteiger partial charge in [-0.15, -0.1) is 0 Å². The zero-order valence-electron chi connectivity index (χ0n) is 19.1. The molecule has 1 aliphatic heterocycles. The minimum atomic E-state index is -0.0857. The molecule has 0 unspecified atom stereocenters. The molecule has 2 aliphatic rings. The van der Waals surface area contributed by atoms with Gasteiger partial charge in [0.05, 0.1) is 6.67 Å². The number of carbonyl (C=O) groups excluding carboxylic acids is 2. The maximum absolute atomic E-state index is 13.3. The molecule has 5 rings (SSSR count). The summed E-state index contributed by atoms with van der Waals surface area (Å²) in [6, 6.07) is 11.5. The van der Waals surface area contributed by atoms with Crippen LogP contribution in [0.2, 0.25) is 0 Å². The third kappa shape index (κ3) is 4.34. The Hall–Kier alpha value is -3.29. The van der Waals surface area contributed by atoms with Crippen LogP contribution >= 0.6 is 0 Å². The Morgan fingerprint density at radius 3 is 2.45 bits per heavy atom. The van der Waals surface area contributed by atoms with Crippen molar-refractivity contribution >= 4 is 11.7 Å². The normalized spacial score (nSPS) is 16.5. The summed E-state index contributed by atoms with van der Waals surface area (Å²) in [5.74, 6) is 1.10. The average Bonchev–Trinajstić information content (AvgIpc) is 3.43. The van der Waals surface area contributed by atoms with E-state index in [4.69, 9.17) is 4.42 Å². The SMILES string of the molecule is CN(C)CN1CCN(C(=O)c2cc(-c3ccc4c(c3)CCC4=O)c(-c3ccncc3)o2)CC1. The third-order valence-electron chi connectivity index (χ3n) is 6.37. The number of hydrogen-bond acceptors (Lipinski definition) is 6. The monoisotopic (exact) mass is 444 g/mol. The molecular weight excluding hydrogens is 416 g/mol. The molecule has 7 nitrogen and oxygen atoms in total. The first-order chi connectivity index (χ1) is 16.0. The van der Waals surface area contributed by atoms with Crippen LogP contribution in [0.1, 0.15) is 32.9 Å². The molecule has 0 radical (unpaired) electrons. The predicted molar refractivity (Wildman–Crippen MR) is 126 cm³/mol. The van der Waals surface area contributed by atoms with Crippen molar-refractivity contribution < 1.29 is 14.0 Å². The van der Waals surface area contributed by atoms with Crippen molar-refractivity contribution in [1.29, 1.82) is 0 Å². The number of fused-ring (bicyclic) bond motifs is 1. The highest BCUT2D eigenvalue weighted by molar-refractivity contribution is 6.01. The second-order valence-corrected chi connectivity index (χ2v) is 9.02. The molecule has 1 saturated heterocycles. The highest BCUT2D eigenvalue weighted by atomic mass is 16.4. The van der Waals surface area contributed by atoms with E-state index in [0.29, 0.717) is 31.0 Å². The van der Waals surface area contributed by atoms with Crippen molar-refractivity contribution in [3.05, 3.63) is 65.7 Å². The first-order valence-corrected chi connectivity index (χ1v) is 11.4. The fourth-order valence-corrected chi connectivity index (χ4v) is 4.70. The van der Waals surface area contributed by atoms with Crippen LogP contribution in [-0.2, 0) is 6.42 Å². The van der Waals surface area contributed by atoms with Gasteiger partial charge in [0, 0.05) is 61.7 Å². The van der Waals surface area contributed by atoms with E-state index in [1.54, 1.807) is 12.4 Å². The fourth-order valence-electron chi connectivity index (χ4n) is 4.70. The molecule has 7 heteroatoms. The minimum absolute atomic E-state index is 0.0857. The van der Waals surface area contributed by atoms with Crippen molar-refractivity contribution in [1.82, 2.24) is 19.7 Å². The summed E-state index contributed by atoms with van der Waals surface area (Å²) in [4.78, 5) is 35.9. The van der Waals surface area contributed by atoms with Crippen LogP contribution in [0.3, 0.4) is 0 Å². The summed E-state index contributed by atoms with van der Waals surface area (Å²) in [6.07, 6.45) is 4.75. The highest BCUT2D eigenvalue weighted by Gasteiger charge is 2.27. The summed E-state index contributed by atoms with van der Waals surface area (Å²) in [7, 11) is 4.11. The maximum Gasteiger partial charge on any atom is 0.289 e. The van der Waals surface area contributed by atoms with E-state index >= 15 is 0 Å². The van der Waals surface area contributed by atoms with E-state index < -0.39 is 0 Å². The molecule has 0 bridgehead atoms. The number of benzene rings is 1. The van der Waals surface area contributed by atoms with Gasteiger partial charge in [-0.2, -0.15) is 0 Å². The number of pyridine rings is 1. The Balaban J connectivity index is 1.46. The van der Waals surface area contributed by atoms with Gasteiger partial charge in [0.15, 0.2) is 11.5 Å². The highest BCUT2D eigenvalue weighted by Crippen LogP contribution is 2.37. The number of rotatable bonds is 5. The zero-order chi connectivity index (χ0) is 22.9. The summed E-state index contributed by atoms with van der Waals surface area (Å²) in [5, 5.41) is 0. The molecule has 0 spiro atoms. The first-order valence-electron chi connectivity index (χ1n) is 11.4. The zero-order valence-corrected chi connectivity index (χ0v) is 19.1. The number of aryl methyl sites for hydroxylation is 1. The molecule has 3 heterocycles. The number of piperazine rings is 1. The second-order valence-electron chi connectivity index (χ2n) is 9.02. The van der Waals surface area contributed by atoms with E-state index in [-0.39, 0.29) is 11.7 Å². The Kier molecular flexibility index (Phi) is 5.83. The standard InChI is InChI=1S/C26H28N4O3/c1-28(2)17-29-11-13-30(14-12-29)26(32)24-16-22(25(33-24)18-7-9-27-10-8-18)20-3-5-21-19(15-20)4-6-23(21)31/h3,5,7-10,15-16H,4,6,11-14,17H2,1-2H3. The van der Waals surface area contributed by atoms with E-state index in [1.807, 2.05) is 35.2 Å². The summed E-state index contributed by atoms with van der Waals surface area (Å²) in [5.41, 5.74) is 4.54. The molecule has 1 aliphatic carbocycles. The topological polar surface area (TPSA) is 69.9 Å². The Bertz CT molecular complexity index is 1180. The van der Waals surface area contributed by atoms with Gasteiger partial charge in [-0.05, 0) is 49.8 Å². The largest absolute Gasteiger partial charge is 0.450 e. The Labute approximate surface area is 193 Å². The summed E-state index contributed by atoms with van der Waals surface area (Å²) < 4.78 is 6.19. The molecule has 0 N–H and O–H groups in total. The second kappa shape index (κ2) is 8.92. The number of ketones is 1. The van der Waals surface area contributed by atoms with Crippen molar-refractivity contribution in [2.45, 2.75) is 12.8 Å². The average molecular weight is 445 g/mol. The van der Waals surface area contributed by atoms with Crippen molar-refractivity contribution in [3.63, 3.8) is 0 Å². The smallest absolute Gasteiger partial charge is 0.289 e. The predicted octanol–water partition coefficient (Wildman–Crippen LogP) is 3.41. The van der Waals surface area contributed by atoms with Gasteiger partial charge in [-0.1, -0.05) is 18.2 Å². The van der Waals surface area contributed by atoms with E-state index in [1.165, 1.54) is 0 Å². The molecular formula is C26H28N4O3.